The fraction of sp³-hybridized carbons (Fsp3) is 0.375. The molecule has 3 rings (SSSR count). The number of halogens is 3. The Morgan fingerprint density at radius 2 is 2.15 bits per heavy atom. The molecule has 1 aliphatic heterocycles. The quantitative estimate of drug-likeness (QED) is 0.876. The number of alkyl halides is 3. The lowest BCUT2D eigenvalue weighted by atomic mass is 10.00. The Labute approximate surface area is 148 Å². The van der Waals surface area contributed by atoms with Gasteiger partial charge in [0.15, 0.2) is 5.69 Å². The van der Waals surface area contributed by atoms with Crippen LogP contribution in [-0.2, 0) is 29.2 Å². The Kier molecular flexibility index (Phi) is 4.77. The number of aryl methyl sites for hydroxylation is 1. The largest absolute Gasteiger partial charge is 0.434 e. The maximum atomic E-state index is 12.7. The average molecular weight is 384 g/mol. The molecule has 1 aliphatic rings. The van der Waals surface area contributed by atoms with Crippen LogP contribution in [0.5, 0.6) is 0 Å². The molecule has 6 nitrogen and oxygen atoms in total. The van der Waals surface area contributed by atoms with Crippen LogP contribution in [0.3, 0.4) is 0 Å². The van der Waals surface area contributed by atoms with Gasteiger partial charge < -0.3 is 4.57 Å². The second kappa shape index (κ2) is 6.74. The van der Waals surface area contributed by atoms with Crippen molar-refractivity contribution in [3.05, 3.63) is 47.5 Å². The van der Waals surface area contributed by atoms with E-state index in [1.54, 1.807) is 0 Å². The van der Waals surface area contributed by atoms with Gasteiger partial charge in [-0.15, -0.1) is 0 Å². The first-order chi connectivity index (χ1) is 12.2. The molecule has 1 aromatic heterocycles. The fourth-order valence-electron chi connectivity index (χ4n) is 2.86. The summed E-state index contributed by atoms with van der Waals surface area (Å²) in [4.78, 5) is 3.58. The third-order valence-electron chi connectivity index (χ3n) is 4.22. The van der Waals surface area contributed by atoms with Crippen molar-refractivity contribution in [2.45, 2.75) is 30.5 Å². The van der Waals surface area contributed by atoms with Gasteiger partial charge in [0.1, 0.15) is 5.82 Å². The van der Waals surface area contributed by atoms with Crippen molar-refractivity contribution in [2.24, 2.45) is 5.92 Å². The number of hydrogen-bond acceptors (Lipinski definition) is 4. The van der Waals surface area contributed by atoms with Gasteiger partial charge in [-0.25, -0.2) is 18.1 Å². The normalized spacial score (nSPS) is 17.5. The van der Waals surface area contributed by atoms with Gasteiger partial charge in [-0.3, -0.25) is 0 Å². The second-order valence-corrected chi connectivity index (χ2v) is 7.86. The summed E-state index contributed by atoms with van der Waals surface area (Å²) >= 11 is 0. The van der Waals surface area contributed by atoms with E-state index < -0.39 is 21.9 Å². The first kappa shape index (κ1) is 18.4. The second-order valence-electron chi connectivity index (χ2n) is 6.09. The van der Waals surface area contributed by atoms with E-state index in [4.69, 9.17) is 5.26 Å². The molecule has 26 heavy (non-hydrogen) atoms. The molecule has 0 fully saturated rings. The molecule has 0 bridgehead atoms. The van der Waals surface area contributed by atoms with Crippen molar-refractivity contribution in [1.82, 2.24) is 14.3 Å². The van der Waals surface area contributed by atoms with E-state index in [2.05, 4.69) is 9.71 Å². The zero-order chi connectivity index (χ0) is 18.9. The molecule has 1 atom stereocenters. The SMILES string of the molecule is N#Cc1cccc(S(=O)(=O)NC[C@@H]2CCc3nc(C(F)(F)F)cn3C2)c1. The van der Waals surface area contributed by atoms with Crippen molar-refractivity contribution in [3.63, 3.8) is 0 Å². The van der Waals surface area contributed by atoms with E-state index in [1.807, 2.05) is 6.07 Å². The summed E-state index contributed by atoms with van der Waals surface area (Å²) in [5.74, 6) is 0.213. The summed E-state index contributed by atoms with van der Waals surface area (Å²) in [6.45, 7) is 0.358. The Bertz CT molecular complexity index is 961. The molecule has 0 saturated heterocycles. The lowest BCUT2D eigenvalue weighted by Gasteiger charge is -2.23. The number of rotatable bonds is 4. The maximum Gasteiger partial charge on any atom is 0.434 e. The van der Waals surface area contributed by atoms with E-state index >= 15 is 0 Å². The van der Waals surface area contributed by atoms with Gasteiger partial charge >= 0.3 is 6.18 Å². The lowest BCUT2D eigenvalue weighted by molar-refractivity contribution is -0.141. The smallest absolute Gasteiger partial charge is 0.334 e. The Morgan fingerprint density at radius 1 is 1.38 bits per heavy atom. The van der Waals surface area contributed by atoms with Crippen LogP contribution >= 0.6 is 0 Å². The molecule has 0 radical (unpaired) electrons. The van der Waals surface area contributed by atoms with Gasteiger partial charge in [-0.2, -0.15) is 18.4 Å². The molecule has 10 heteroatoms. The topological polar surface area (TPSA) is 87.8 Å². The number of fused-ring (bicyclic) bond motifs is 1. The van der Waals surface area contributed by atoms with Crippen LogP contribution < -0.4 is 4.72 Å². The molecule has 138 valence electrons. The summed E-state index contributed by atoms with van der Waals surface area (Å²) in [5, 5.41) is 8.86. The molecule has 0 amide bonds. The van der Waals surface area contributed by atoms with E-state index in [9.17, 15) is 21.6 Å². The fourth-order valence-corrected chi connectivity index (χ4v) is 4.02. The van der Waals surface area contributed by atoms with Gasteiger partial charge in [-0.05, 0) is 30.5 Å². The zero-order valence-corrected chi connectivity index (χ0v) is 14.3. The maximum absolute atomic E-state index is 12.7. The van der Waals surface area contributed by atoms with E-state index in [0.29, 0.717) is 18.7 Å². The Morgan fingerprint density at radius 3 is 2.85 bits per heavy atom. The zero-order valence-electron chi connectivity index (χ0n) is 13.5. The molecule has 0 spiro atoms. The van der Waals surface area contributed by atoms with Crippen molar-refractivity contribution in [3.8, 4) is 6.07 Å². The van der Waals surface area contributed by atoms with Crippen LogP contribution in [0.25, 0.3) is 0 Å². The first-order valence-corrected chi connectivity index (χ1v) is 9.30. The number of benzene rings is 1. The molecule has 0 unspecified atom stereocenters. The summed E-state index contributed by atoms with van der Waals surface area (Å²) in [6.07, 6.45) is -2.64. The molecule has 0 aliphatic carbocycles. The van der Waals surface area contributed by atoms with Gasteiger partial charge in [0.2, 0.25) is 10.0 Å². The van der Waals surface area contributed by atoms with Crippen molar-refractivity contribution in [1.29, 1.82) is 5.26 Å². The van der Waals surface area contributed by atoms with E-state index in [-0.39, 0.29) is 29.5 Å². The molecule has 2 heterocycles. The van der Waals surface area contributed by atoms with Gasteiger partial charge in [0.05, 0.1) is 16.5 Å². The predicted molar refractivity (Wildman–Crippen MR) is 85.4 cm³/mol. The summed E-state index contributed by atoms with van der Waals surface area (Å²) in [7, 11) is -3.79. The standard InChI is InChI=1S/C16H15F3N4O2S/c17-16(18,19)14-10-23-9-12(4-5-15(23)22-14)8-21-26(24,25)13-3-1-2-11(6-13)7-20/h1-3,6,10,12,21H,4-5,8-9H2/t12-/m0/s1. The van der Waals surface area contributed by atoms with E-state index in [1.165, 1.54) is 28.8 Å². The van der Waals surface area contributed by atoms with Gasteiger partial charge in [0, 0.05) is 25.7 Å². The Balaban J connectivity index is 1.67. The van der Waals surface area contributed by atoms with Crippen LogP contribution in [0.15, 0.2) is 35.4 Å². The van der Waals surface area contributed by atoms with Gasteiger partial charge in [-0.1, -0.05) is 6.07 Å². The van der Waals surface area contributed by atoms with Crippen LogP contribution in [0, 0.1) is 17.2 Å². The number of sulfonamides is 1. The molecule has 1 N–H and O–H groups in total. The monoisotopic (exact) mass is 384 g/mol. The third kappa shape index (κ3) is 3.89. The van der Waals surface area contributed by atoms with Crippen molar-refractivity contribution < 1.29 is 21.6 Å². The molecule has 1 aromatic carbocycles. The minimum absolute atomic E-state index is 0.0185. The Hall–Kier alpha value is -2.38. The highest BCUT2D eigenvalue weighted by Gasteiger charge is 2.35. The lowest BCUT2D eigenvalue weighted by Crippen LogP contribution is -2.33. The highest BCUT2D eigenvalue weighted by molar-refractivity contribution is 7.89. The van der Waals surface area contributed by atoms with Crippen LogP contribution in [0.4, 0.5) is 13.2 Å². The van der Waals surface area contributed by atoms with Crippen LogP contribution in [0.2, 0.25) is 0 Å². The minimum atomic E-state index is -4.49. The highest BCUT2D eigenvalue weighted by Crippen LogP contribution is 2.30. The molecular weight excluding hydrogens is 369 g/mol. The number of nitriles is 1. The summed E-state index contributed by atoms with van der Waals surface area (Å²) in [5.41, 5.74) is -0.699. The number of nitrogens with one attached hydrogen (secondary N) is 1. The highest BCUT2D eigenvalue weighted by atomic mass is 32.2. The van der Waals surface area contributed by atoms with E-state index in [0.717, 1.165) is 6.20 Å². The third-order valence-corrected chi connectivity index (χ3v) is 5.64. The van der Waals surface area contributed by atoms with Gasteiger partial charge in [0.25, 0.3) is 0 Å². The molecular formula is C16H15F3N4O2S. The van der Waals surface area contributed by atoms with Crippen molar-refractivity contribution in [2.75, 3.05) is 6.54 Å². The molecule has 2 aromatic rings. The van der Waals surface area contributed by atoms with Crippen molar-refractivity contribution >= 4 is 10.0 Å². The number of hydrogen-bond donors (Lipinski definition) is 1. The summed E-state index contributed by atoms with van der Waals surface area (Å²) < 4.78 is 66.8. The average Bonchev–Trinajstić information content (AvgIpc) is 3.04. The number of aromatic nitrogens is 2. The number of nitrogens with zero attached hydrogens (tertiary/aromatic N) is 3. The molecule has 0 saturated carbocycles. The summed E-state index contributed by atoms with van der Waals surface area (Å²) in [6, 6.07) is 7.50. The first-order valence-electron chi connectivity index (χ1n) is 7.82. The minimum Gasteiger partial charge on any atom is -0.334 e. The predicted octanol–water partition coefficient (Wildman–Crippen LogP) is 2.31. The van der Waals surface area contributed by atoms with Crippen LogP contribution in [-0.4, -0.2) is 24.5 Å². The number of imidazole rings is 1. The van der Waals surface area contributed by atoms with Crippen LogP contribution in [0.1, 0.15) is 23.5 Å².